The molecule has 0 bridgehead atoms. The zero-order chi connectivity index (χ0) is 11.3. The van der Waals surface area contributed by atoms with Gasteiger partial charge in [-0.25, -0.2) is 0 Å². The summed E-state index contributed by atoms with van der Waals surface area (Å²) < 4.78 is 4.47. The first-order chi connectivity index (χ1) is 7.15. The number of hydrogen-bond donors (Lipinski definition) is 0. The van der Waals surface area contributed by atoms with Gasteiger partial charge in [0.2, 0.25) is 0 Å². The number of carbonyl (C=O) groups is 1. The molecule has 0 aliphatic heterocycles. The monoisotopic (exact) mass is 222 g/mol. The first-order valence-electron chi connectivity index (χ1n) is 4.46. The number of rotatable bonds is 1. The van der Waals surface area contributed by atoms with E-state index >= 15 is 0 Å². The Bertz CT molecular complexity index is 427. The molecule has 0 atom stereocenters. The number of ether oxygens (including phenoxy) is 1. The molecule has 78 valence electrons. The molecular formula is C12H11ClO2. The van der Waals surface area contributed by atoms with Crippen LogP contribution in [0.4, 0.5) is 0 Å². The second-order valence-corrected chi connectivity index (χ2v) is 3.37. The third kappa shape index (κ3) is 3.30. The molecule has 0 saturated carbocycles. The summed E-state index contributed by atoms with van der Waals surface area (Å²) in [6.07, 6.45) is 0.0841. The lowest BCUT2D eigenvalue weighted by molar-refractivity contribution is -0.139. The van der Waals surface area contributed by atoms with Gasteiger partial charge in [-0.1, -0.05) is 35.6 Å². The summed E-state index contributed by atoms with van der Waals surface area (Å²) in [6.45, 7) is 1.91. The van der Waals surface area contributed by atoms with Gasteiger partial charge in [-0.15, -0.1) is 0 Å². The second-order valence-electron chi connectivity index (χ2n) is 2.99. The number of hydrogen-bond acceptors (Lipinski definition) is 2. The van der Waals surface area contributed by atoms with E-state index in [4.69, 9.17) is 11.6 Å². The van der Waals surface area contributed by atoms with Gasteiger partial charge < -0.3 is 4.74 Å². The quantitative estimate of drug-likeness (QED) is 0.539. The highest BCUT2D eigenvalue weighted by Crippen LogP contribution is 2.18. The summed E-state index contributed by atoms with van der Waals surface area (Å²) in [7, 11) is 1.34. The summed E-state index contributed by atoms with van der Waals surface area (Å²) in [6, 6.07) is 5.61. The fraction of sp³-hybridized carbons (Fsp3) is 0.250. The van der Waals surface area contributed by atoms with Crippen LogP contribution in [-0.2, 0) is 9.53 Å². The maximum atomic E-state index is 10.8. The summed E-state index contributed by atoms with van der Waals surface area (Å²) in [5, 5.41) is 0.634. The highest BCUT2D eigenvalue weighted by molar-refractivity contribution is 6.32. The molecule has 0 N–H and O–H groups in total. The minimum atomic E-state index is -0.341. The number of benzene rings is 1. The molecule has 0 unspecified atom stereocenters. The molecule has 0 spiro atoms. The van der Waals surface area contributed by atoms with Crippen LogP contribution < -0.4 is 0 Å². The molecule has 0 fully saturated rings. The average Bonchev–Trinajstić information content (AvgIpc) is 2.24. The minimum absolute atomic E-state index is 0.0841. The molecule has 0 heterocycles. The van der Waals surface area contributed by atoms with E-state index in [0.29, 0.717) is 5.02 Å². The Balaban J connectivity index is 2.80. The van der Waals surface area contributed by atoms with Crippen molar-refractivity contribution in [2.75, 3.05) is 7.11 Å². The molecular weight excluding hydrogens is 212 g/mol. The standard InChI is InChI=1S/C12H11ClO2/c1-9-5-3-6-10(12(9)13)7-4-8-11(14)15-2/h3,5-6H,8H2,1-2H3. The van der Waals surface area contributed by atoms with Crippen LogP contribution >= 0.6 is 11.6 Å². The number of carbonyl (C=O) groups excluding carboxylic acids is 1. The summed E-state index contributed by atoms with van der Waals surface area (Å²) in [4.78, 5) is 10.8. The number of halogens is 1. The van der Waals surface area contributed by atoms with Crippen LogP contribution in [0.5, 0.6) is 0 Å². The molecule has 15 heavy (non-hydrogen) atoms. The van der Waals surface area contributed by atoms with E-state index < -0.39 is 0 Å². The Morgan fingerprint density at radius 2 is 2.27 bits per heavy atom. The van der Waals surface area contributed by atoms with Gasteiger partial charge >= 0.3 is 5.97 Å². The van der Waals surface area contributed by atoms with E-state index in [0.717, 1.165) is 11.1 Å². The Kier molecular flexibility index (Phi) is 4.20. The average molecular weight is 223 g/mol. The van der Waals surface area contributed by atoms with Gasteiger partial charge in [-0.2, -0.15) is 0 Å². The van der Waals surface area contributed by atoms with Crippen molar-refractivity contribution in [3.05, 3.63) is 34.3 Å². The first-order valence-corrected chi connectivity index (χ1v) is 4.83. The van der Waals surface area contributed by atoms with Crippen molar-refractivity contribution in [3.63, 3.8) is 0 Å². The molecule has 2 nitrogen and oxygen atoms in total. The fourth-order valence-corrected chi connectivity index (χ4v) is 1.20. The molecule has 0 saturated heterocycles. The molecule has 0 amide bonds. The Morgan fingerprint density at radius 3 is 2.93 bits per heavy atom. The first kappa shape index (κ1) is 11.6. The molecule has 0 aromatic heterocycles. The Labute approximate surface area is 94.2 Å². The third-order valence-corrected chi connectivity index (χ3v) is 2.38. The number of esters is 1. The van der Waals surface area contributed by atoms with Crippen LogP contribution in [-0.4, -0.2) is 13.1 Å². The lowest BCUT2D eigenvalue weighted by Crippen LogP contribution is -1.97. The van der Waals surface area contributed by atoms with Crippen molar-refractivity contribution >= 4 is 17.6 Å². The van der Waals surface area contributed by atoms with E-state index in [-0.39, 0.29) is 12.4 Å². The highest BCUT2D eigenvalue weighted by atomic mass is 35.5. The molecule has 3 heteroatoms. The molecule has 0 aliphatic rings. The maximum Gasteiger partial charge on any atom is 0.317 e. The van der Waals surface area contributed by atoms with Crippen LogP contribution in [0.25, 0.3) is 0 Å². The third-order valence-electron chi connectivity index (χ3n) is 1.88. The van der Waals surface area contributed by atoms with Crippen LogP contribution in [0.3, 0.4) is 0 Å². The fourth-order valence-electron chi connectivity index (χ4n) is 1.03. The summed E-state index contributed by atoms with van der Waals surface area (Å²) in [5.74, 6) is 5.21. The van der Waals surface area contributed by atoms with Crippen molar-refractivity contribution in [1.82, 2.24) is 0 Å². The Morgan fingerprint density at radius 1 is 1.53 bits per heavy atom. The molecule has 0 radical (unpaired) electrons. The topological polar surface area (TPSA) is 26.3 Å². The van der Waals surface area contributed by atoms with Gasteiger partial charge in [0.1, 0.15) is 6.42 Å². The van der Waals surface area contributed by atoms with E-state index in [1.165, 1.54) is 7.11 Å². The normalized spacial score (nSPS) is 9.00. The zero-order valence-electron chi connectivity index (χ0n) is 8.63. The van der Waals surface area contributed by atoms with Gasteiger partial charge in [0.25, 0.3) is 0 Å². The largest absolute Gasteiger partial charge is 0.468 e. The number of methoxy groups -OCH3 is 1. The SMILES string of the molecule is COC(=O)CC#Cc1cccc(C)c1Cl. The molecule has 0 aliphatic carbocycles. The van der Waals surface area contributed by atoms with E-state index in [2.05, 4.69) is 16.6 Å². The van der Waals surface area contributed by atoms with Gasteiger partial charge in [0, 0.05) is 5.56 Å². The predicted molar refractivity (Wildman–Crippen MR) is 59.7 cm³/mol. The zero-order valence-corrected chi connectivity index (χ0v) is 9.39. The molecule has 1 aromatic carbocycles. The van der Waals surface area contributed by atoms with Crippen LogP contribution in [0.2, 0.25) is 5.02 Å². The lowest BCUT2D eigenvalue weighted by Gasteiger charge is -1.98. The second kappa shape index (κ2) is 5.43. The van der Waals surface area contributed by atoms with E-state index in [1.807, 2.05) is 25.1 Å². The lowest BCUT2D eigenvalue weighted by atomic mass is 10.1. The van der Waals surface area contributed by atoms with Crippen LogP contribution in [0.1, 0.15) is 17.5 Å². The molecule has 1 rings (SSSR count). The van der Waals surface area contributed by atoms with Crippen molar-refractivity contribution < 1.29 is 9.53 Å². The van der Waals surface area contributed by atoms with Gasteiger partial charge in [-0.3, -0.25) is 4.79 Å². The highest BCUT2D eigenvalue weighted by Gasteiger charge is 1.99. The van der Waals surface area contributed by atoms with Crippen LogP contribution in [0, 0.1) is 18.8 Å². The summed E-state index contributed by atoms with van der Waals surface area (Å²) in [5.41, 5.74) is 1.71. The van der Waals surface area contributed by atoms with Crippen molar-refractivity contribution in [2.45, 2.75) is 13.3 Å². The van der Waals surface area contributed by atoms with Crippen molar-refractivity contribution in [1.29, 1.82) is 0 Å². The minimum Gasteiger partial charge on any atom is -0.468 e. The molecule has 1 aromatic rings. The van der Waals surface area contributed by atoms with E-state index in [9.17, 15) is 4.79 Å². The van der Waals surface area contributed by atoms with Gasteiger partial charge in [0.15, 0.2) is 0 Å². The van der Waals surface area contributed by atoms with Gasteiger partial charge in [-0.05, 0) is 18.6 Å². The van der Waals surface area contributed by atoms with Crippen molar-refractivity contribution in [2.24, 2.45) is 0 Å². The summed E-state index contributed by atoms with van der Waals surface area (Å²) >= 11 is 6.02. The Hall–Kier alpha value is -1.46. The number of aryl methyl sites for hydroxylation is 1. The smallest absolute Gasteiger partial charge is 0.317 e. The maximum absolute atomic E-state index is 10.8. The van der Waals surface area contributed by atoms with E-state index in [1.54, 1.807) is 0 Å². The predicted octanol–water partition coefficient (Wildman–Crippen LogP) is 2.56. The van der Waals surface area contributed by atoms with Crippen molar-refractivity contribution in [3.8, 4) is 11.8 Å². The van der Waals surface area contributed by atoms with Gasteiger partial charge in [0.05, 0.1) is 12.1 Å². The van der Waals surface area contributed by atoms with Crippen LogP contribution in [0.15, 0.2) is 18.2 Å².